The molecular formula is C16H27N3. The van der Waals surface area contributed by atoms with Crippen LogP contribution in [-0.4, -0.2) is 37.1 Å². The van der Waals surface area contributed by atoms with E-state index < -0.39 is 0 Å². The third kappa shape index (κ3) is 3.28. The Hall–Kier alpha value is -1.06. The van der Waals surface area contributed by atoms with E-state index in [9.17, 15) is 0 Å². The predicted molar refractivity (Wildman–Crippen MR) is 82.6 cm³/mol. The zero-order valence-electron chi connectivity index (χ0n) is 12.5. The average Bonchev–Trinajstić information content (AvgIpc) is 2.46. The van der Waals surface area contributed by atoms with Crippen molar-refractivity contribution in [3.05, 3.63) is 29.8 Å². The second-order valence-electron chi connectivity index (χ2n) is 5.69. The van der Waals surface area contributed by atoms with Gasteiger partial charge in [-0.2, -0.15) is 0 Å². The van der Waals surface area contributed by atoms with Gasteiger partial charge in [0, 0.05) is 44.0 Å². The van der Waals surface area contributed by atoms with E-state index in [0.717, 1.165) is 32.6 Å². The lowest BCUT2D eigenvalue weighted by Gasteiger charge is -2.39. The minimum Gasteiger partial charge on any atom is -0.369 e. The number of rotatable bonds is 4. The molecule has 0 bridgehead atoms. The Labute approximate surface area is 117 Å². The lowest BCUT2D eigenvalue weighted by Crippen LogP contribution is -2.49. The number of hydrogen-bond donors (Lipinski definition) is 1. The Bertz CT molecular complexity index is 395. The summed E-state index contributed by atoms with van der Waals surface area (Å²) in [4.78, 5) is 5.03. The third-order valence-electron chi connectivity index (χ3n) is 4.16. The molecule has 0 aliphatic carbocycles. The van der Waals surface area contributed by atoms with E-state index in [1.165, 1.54) is 11.3 Å². The van der Waals surface area contributed by atoms with Crippen molar-refractivity contribution in [3.63, 3.8) is 0 Å². The van der Waals surface area contributed by atoms with E-state index in [0.29, 0.717) is 6.04 Å². The van der Waals surface area contributed by atoms with Gasteiger partial charge in [0.05, 0.1) is 0 Å². The minimum absolute atomic E-state index is 0.152. The fourth-order valence-electron chi connectivity index (χ4n) is 2.79. The topological polar surface area (TPSA) is 32.5 Å². The average molecular weight is 261 g/mol. The number of nitrogens with zero attached hydrogens (tertiary/aromatic N) is 2. The van der Waals surface area contributed by atoms with Crippen LogP contribution >= 0.6 is 0 Å². The Morgan fingerprint density at radius 2 is 1.74 bits per heavy atom. The van der Waals surface area contributed by atoms with E-state index >= 15 is 0 Å². The number of hydrogen-bond acceptors (Lipinski definition) is 3. The molecule has 3 heteroatoms. The molecule has 1 aromatic rings. The summed E-state index contributed by atoms with van der Waals surface area (Å²) in [5, 5.41) is 0. The molecule has 1 saturated heterocycles. The summed E-state index contributed by atoms with van der Waals surface area (Å²) in [7, 11) is 0. The molecule has 0 saturated carbocycles. The SMILES string of the molecule is CCC(N)c1ccccc1N1CCN(C(C)C)CC1. The van der Waals surface area contributed by atoms with Gasteiger partial charge < -0.3 is 10.6 Å². The van der Waals surface area contributed by atoms with Crippen LogP contribution in [0.1, 0.15) is 38.8 Å². The van der Waals surface area contributed by atoms with Gasteiger partial charge in [-0.25, -0.2) is 0 Å². The number of para-hydroxylation sites is 1. The zero-order chi connectivity index (χ0) is 13.8. The predicted octanol–water partition coefficient (Wildman–Crippen LogP) is 2.63. The van der Waals surface area contributed by atoms with Crippen molar-refractivity contribution >= 4 is 5.69 Å². The van der Waals surface area contributed by atoms with Gasteiger partial charge in [-0.3, -0.25) is 4.90 Å². The first-order valence-electron chi connectivity index (χ1n) is 7.47. The van der Waals surface area contributed by atoms with Crippen LogP contribution < -0.4 is 10.6 Å². The summed E-state index contributed by atoms with van der Waals surface area (Å²) in [6.45, 7) is 11.2. The molecule has 1 unspecified atom stereocenters. The quantitative estimate of drug-likeness (QED) is 0.904. The van der Waals surface area contributed by atoms with Gasteiger partial charge in [0.15, 0.2) is 0 Å². The van der Waals surface area contributed by atoms with Crippen molar-refractivity contribution < 1.29 is 0 Å². The molecule has 0 amide bonds. The Morgan fingerprint density at radius 1 is 1.11 bits per heavy atom. The van der Waals surface area contributed by atoms with Crippen molar-refractivity contribution in [2.45, 2.75) is 39.3 Å². The molecule has 1 aliphatic heterocycles. The fourth-order valence-corrected chi connectivity index (χ4v) is 2.79. The smallest absolute Gasteiger partial charge is 0.0415 e. The molecule has 1 aliphatic rings. The van der Waals surface area contributed by atoms with Gasteiger partial charge >= 0.3 is 0 Å². The molecule has 2 rings (SSSR count). The lowest BCUT2D eigenvalue weighted by atomic mass is 10.0. The number of benzene rings is 1. The third-order valence-corrected chi connectivity index (χ3v) is 4.16. The molecule has 1 atom stereocenters. The highest BCUT2D eigenvalue weighted by Gasteiger charge is 2.21. The van der Waals surface area contributed by atoms with Crippen LogP contribution in [0.2, 0.25) is 0 Å². The molecule has 3 nitrogen and oxygen atoms in total. The highest BCUT2D eigenvalue weighted by atomic mass is 15.3. The van der Waals surface area contributed by atoms with Crippen LogP contribution in [0.25, 0.3) is 0 Å². The van der Waals surface area contributed by atoms with Crippen LogP contribution in [0.15, 0.2) is 24.3 Å². The van der Waals surface area contributed by atoms with E-state index in [4.69, 9.17) is 5.73 Å². The molecule has 0 aromatic heterocycles. The largest absolute Gasteiger partial charge is 0.369 e. The van der Waals surface area contributed by atoms with Crippen molar-refractivity contribution in [1.29, 1.82) is 0 Å². The summed E-state index contributed by atoms with van der Waals surface area (Å²) in [5.41, 5.74) is 8.87. The second-order valence-corrected chi connectivity index (χ2v) is 5.69. The van der Waals surface area contributed by atoms with Gasteiger partial charge in [-0.1, -0.05) is 25.1 Å². The fraction of sp³-hybridized carbons (Fsp3) is 0.625. The first-order valence-corrected chi connectivity index (χ1v) is 7.47. The van der Waals surface area contributed by atoms with Crippen LogP contribution in [0.4, 0.5) is 5.69 Å². The zero-order valence-corrected chi connectivity index (χ0v) is 12.5. The molecule has 0 spiro atoms. The number of anilines is 1. The highest BCUT2D eigenvalue weighted by molar-refractivity contribution is 5.55. The van der Waals surface area contributed by atoms with Crippen LogP contribution in [0.5, 0.6) is 0 Å². The molecule has 1 aromatic carbocycles. The molecular weight excluding hydrogens is 234 g/mol. The molecule has 19 heavy (non-hydrogen) atoms. The highest BCUT2D eigenvalue weighted by Crippen LogP contribution is 2.27. The molecule has 1 fully saturated rings. The van der Waals surface area contributed by atoms with Crippen molar-refractivity contribution in [2.24, 2.45) is 5.73 Å². The first-order chi connectivity index (χ1) is 9.13. The Morgan fingerprint density at radius 3 is 2.32 bits per heavy atom. The minimum atomic E-state index is 0.152. The van der Waals surface area contributed by atoms with Crippen LogP contribution in [0, 0.1) is 0 Å². The summed E-state index contributed by atoms with van der Waals surface area (Å²) in [6, 6.07) is 9.41. The van der Waals surface area contributed by atoms with Crippen molar-refractivity contribution in [1.82, 2.24) is 4.90 Å². The monoisotopic (exact) mass is 261 g/mol. The van der Waals surface area contributed by atoms with E-state index in [1.54, 1.807) is 0 Å². The summed E-state index contributed by atoms with van der Waals surface area (Å²) in [5.74, 6) is 0. The number of piperazine rings is 1. The van der Waals surface area contributed by atoms with Crippen LogP contribution in [0.3, 0.4) is 0 Å². The molecule has 2 N–H and O–H groups in total. The normalized spacial score (nSPS) is 18.9. The van der Waals surface area contributed by atoms with Gasteiger partial charge in [-0.15, -0.1) is 0 Å². The molecule has 1 heterocycles. The first kappa shape index (κ1) is 14.4. The molecule has 106 valence electrons. The van der Waals surface area contributed by atoms with Crippen molar-refractivity contribution in [3.8, 4) is 0 Å². The van der Waals surface area contributed by atoms with Gasteiger partial charge in [0.1, 0.15) is 0 Å². The van der Waals surface area contributed by atoms with E-state index in [1.807, 2.05) is 0 Å². The number of nitrogens with two attached hydrogens (primary N) is 1. The van der Waals surface area contributed by atoms with Gasteiger partial charge in [0.2, 0.25) is 0 Å². The maximum atomic E-state index is 6.24. The lowest BCUT2D eigenvalue weighted by molar-refractivity contribution is 0.209. The standard InChI is InChI=1S/C16H27N3/c1-4-15(17)14-7-5-6-8-16(14)19-11-9-18(10-12-19)13(2)3/h5-8,13,15H,4,9-12,17H2,1-3H3. The summed E-state index contributed by atoms with van der Waals surface area (Å²) >= 11 is 0. The van der Waals surface area contributed by atoms with Crippen LogP contribution in [-0.2, 0) is 0 Å². The van der Waals surface area contributed by atoms with E-state index in [-0.39, 0.29) is 6.04 Å². The Kier molecular flexibility index (Phi) is 4.83. The summed E-state index contributed by atoms with van der Waals surface area (Å²) in [6.07, 6.45) is 0.989. The van der Waals surface area contributed by atoms with Gasteiger partial charge in [0.25, 0.3) is 0 Å². The second kappa shape index (κ2) is 6.40. The summed E-state index contributed by atoms with van der Waals surface area (Å²) < 4.78 is 0. The maximum absolute atomic E-state index is 6.24. The molecule has 0 radical (unpaired) electrons. The Balaban J connectivity index is 2.11. The van der Waals surface area contributed by atoms with Crippen molar-refractivity contribution in [2.75, 3.05) is 31.1 Å². The maximum Gasteiger partial charge on any atom is 0.0415 e. The van der Waals surface area contributed by atoms with E-state index in [2.05, 4.69) is 54.8 Å². The van der Waals surface area contributed by atoms with Gasteiger partial charge in [-0.05, 0) is 31.9 Å².